The first kappa shape index (κ1) is 22.5. The highest BCUT2D eigenvalue weighted by Crippen LogP contribution is 2.28. The van der Waals surface area contributed by atoms with E-state index in [1.807, 2.05) is 4.90 Å². The van der Waals surface area contributed by atoms with E-state index < -0.39 is 10.0 Å². The summed E-state index contributed by atoms with van der Waals surface area (Å²) in [6, 6.07) is 10.9. The number of carbonyl (C=O) groups is 1. The van der Waals surface area contributed by atoms with E-state index in [1.54, 1.807) is 29.2 Å². The average Bonchev–Trinajstić information content (AvgIpc) is 2.84. The molecule has 0 saturated carbocycles. The Balaban J connectivity index is 1.54. The number of carbonyl (C=O) groups excluding carboxylic acids is 1. The van der Waals surface area contributed by atoms with Crippen molar-refractivity contribution in [3.8, 4) is 5.75 Å². The Hall–Kier alpha value is -2.65. The molecule has 2 aliphatic heterocycles. The van der Waals surface area contributed by atoms with Gasteiger partial charge in [0.2, 0.25) is 10.0 Å². The maximum atomic E-state index is 14.1. The molecule has 4 rings (SSSR count). The first-order valence-corrected chi connectivity index (χ1v) is 12.3. The molecule has 2 aromatic rings. The van der Waals surface area contributed by atoms with E-state index in [4.69, 9.17) is 4.74 Å². The Labute approximate surface area is 188 Å². The van der Waals surface area contributed by atoms with Gasteiger partial charge < -0.3 is 14.5 Å². The number of benzene rings is 2. The van der Waals surface area contributed by atoms with E-state index in [9.17, 15) is 17.6 Å². The predicted molar refractivity (Wildman–Crippen MR) is 120 cm³/mol. The molecule has 0 bridgehead atoms. The van der Waals surface area contributed by atoms with Gasteiger partial charge in [0.1, 0.15) is 11.6 Å². The number of hydrogen-bond acceptors (Lipinski definition) is 5. The minimum atomic E-state index is -3.80. The molecule has 0 aliphatic carbocycles. The summed E-state index contributed by atoms with van der Waals surface area (Å²) in [6.45, 7) is 2.57. The van der Waals surface area contributed by atoms with E-state index in [0.717, 1.165) is 19.3 Å². The number of amides is 1. The third-order valence-corrected chi connectivity index (χ3v) is 8.01. The summed E-state index contributed by atoms with van der Waals surface area (Å²) in [4.78, 5) is 16.7. The molecule has 2 heterocycles. The van der Waals surface area contributed by atoms with Crippen LogP contribution in [0.4, 0.5) is 10.1 Å². The number of rotatable bonds is 5. The van der Waals surface area contributed by atoms with Crippen LogP contribution in [0.1, 0.15) is 29.6 Å². The van der Waals surface area contributed by atoms with Crippen LogP contribution >= 0.6 is 0 Å². The molecule has 0 aromatic heterocycles. The minimum absolute atomic E-state index is 0.0676. The second-order valence-corrected chi connectivity index (χ2v) is 10.00. The van der Waals surface area contributed by atoms with Crippen molar-refractivity contribution in [1.82, 2.24) is 9.21 Å². The van der Waals surface area contributed by atoms with Crippen molar-refractivity contribution < 1.29 is 22.3 Å². The second-order valence-electron chi connectivity index (χ2n) is 8.06. The smallest absolute Gasteiger partial charge is 0.257 e. The van der Waals surface area contributed by atoms with Crippen molar-refractivity contribution in [2.24, 2.45) is 0 Å². The monoisotopic (exact) mass is 461 g/mol. The Morgan fingerprint density at radius 3 is 2.28 bits per heavy atom. The standard InChI is InChI=1S/C23H28FN3O4S/c1-31-22-10-9-18(17-19(22)23(28)26-11-5-2-6-12-26)32(29,30)27-15-13-25(14-16-27)21-8-4-3-7-20(21)24/h3-4,7-10,17H,2,5-6,11-16H2,1H3. The van der Waals surface area contributed by atoms with Crippen LogP contribution in [0.3, 0.4) is 0 Å². The lowest BCUT2D eigenvalue weighted by Gasteiger charge is -2.35. The van der Waals surface area contributed by atoms with Crippen LogP contribution in [-0.2, 0) is 10.0 Å². The van der Waals surface area contributed by atoms with Crippen molar-refractivity contribution in [1.29, 1.82) is 0 Å². The van der Waals surface area contributed by atoms with E-state index in [-0.39, 0.29) is 35.3 Å². The molecule has 7 nitrogen and oxygen atoms in total. The zero-order valence-corrected chi connectivity index (χ0v) is 19.0. The van der Waals surface area contributed by atoms with Gasteiger partial charge in [0.05, 0.1) is 23.3 Å². The lowest BCUT2D eigenvalue weighted by Crippen LogP contribution is -2.49. The van der Waals surface area contributed by atoms with E-state index in [1.165, 1.54) is 29.6 Å². The highest BCUT2D eigenvalue weighted by atomic mass is 32.2. The molecule has 2 aliphatic rings. The lowest BCUT2D eigenvalue weighted by atomic mass is 10.1. The molecule has 0 N–H and O–H groups in total. The minimum Gasteiger partial charge on any atom is -0.496 e. The summed E-state index contributed by atoms with van der Waals surface area (Å²) < 4.78 is 47.5. The summed E-state index contributed by atoms with van der Waals surface area (Å²) in [7, 11) is -2.33. The van der Waals surface area contributed by atoms with Crippen LogP contribution < -0.4 is 9.64 Å². The molecule has 0 atom stereocenters. The van der Waals surface area contributed by atoms with Crippen LogP contribution in [0.15, 0.2) is 47.4 Å². The van der Waals surface area contributed by atoms with Crippen LogP contribution in [0.5, 0.6) is 5.75 Å². The largest absolute Gasteiger partial charge is 0.496 e. The van der Waals surface area contributed by atoms with E-state index in [2.05, 4.69) is 0 Å². The van der Waals surface area contributed by atoms with Gasteiger partial charge in [-0.15, -0.1) is 0 Å². The van der Waals surface area contributed by atoms with Gasteiger partial charge in [-0.3, -0.25) is 4.79 Å². The lowest BCUT2D eigenvalue weighted by molar-refractivity contribution is 0.0720. The third kappa shape index (κ3) is 4.45. The zero-order chi connectivity index (χ0) is 22.7. The number of anilines is 1. The van der Waals surface area contributed by atoms with Gasteiger partial charge in [0.15, 0.2) is 0 Å². The number of nitrogens with zero attached hydrogens (tertiary/aromatic N) is 3. The van der Waals surface area contributed by atoms with Gasteiger partial charge in [0.25, 0.3) is 5.91 Å². The van der Waals surface area contributed by atoms with Crippen molar-refractivity contribution in [3.63, 3.8) is 0 Å². The summed E-state index contributed by atoms with van der Waals surface area (Å²) in [5, 5.41) is 0. The maximum Gasteiger partial charge on any atom is 0.257 e. The van der Waals surface area contributed by atoms with Crippen molar-refractivity contribution in [3.05, 3.63) is 53.8 Å². The fourth-order valence-electron chi connectivity index (χ4n) is 4.31. The fraction of sp³-hybridized carbons (Fsp3) is 0.435. The number of likely N-dealkylation sites (tertiary alicyclic amines) is 1. The highest BCUT2D eigenvalue weighted by Gasteiger charge is 2.31. The molecular weight excluding hydrogens is 433 g/mol. The van der Waals surface area contributed by atoms with E-state index in [0.29, 0.717) is 37.6 Å². The number of sulfonamides is 1. The fourth-order valence-corrected chi connectivity index (χ4v) is 5.76. The van der Waals surface area contributed by atoms with Gasteiger partial charge in [-0.1, -0.05) is 12.1 Å². The topological polar surface area (TPSA) is 70.2 Å². The van der Waals surface area contributed by atoms with Crippen molar-refractivity contribution in [2.45, 2.75) is 24.2 Å². The number of halogens is 1. The molecule has 2 aromatic carbocycles. The molecule has 0 unspecified atom stereocenters. The summed E-state index contributed by atoms with van der Waals surface area (Å²) in [5.41, 5.74) is 0.740. The highest BCUT2D eigenvalue weighted by molar-refractivity contribution is 7.89. The van der Waals surface area contributed by atoms with Crippen LogP contribution in [-0.4, -0.2) is 69.9 Å². The first-order valence-electron chi connectivity index (χ1n) is 10.9. The number of hydrogen-bond donors (Lipinski definition) is 0. The number of ether oxygens (including phenoxy) is 1. The van der Waals surface area contributed by atoms with Gasteiger partial charge in [-0.2, -0.15) is 4.31 Å². The Morgan fingerprint density at radius 1 is 0.938 bits per heavy atom. The van der Waals surface area contributed by atoms with Gasteiger partial charge in [0, 0.05) is 39.3 Å². The predicted octanol–water partition coefficient (Wildman–Crippen LogP) is 2.97. The van der Waals surface area contributed by atoms with Gasteiger partial charge in [-0.25, -0.2) is 12.8 Å². The van der Waals surface area contributed by atoms with Crippen molar-refractivity contribution in [2.75, 3.05) is 51.3 Å². The molecule has 32 heavy (non-hydrogen) atoms. The summed E-state index contributed by atoms with van der Waals surface area (Å²) in [5.74, 6) is -0.160. The zero-order valence-electron chi connectivity index (χ0n) is 18.2. The second kappa shape index (κ2) is 9.46. The molecule has 172 valence electrons. The average molecular weight is 462 g/mol. The molecule has 2 fully saturated rings. The molecule has 1 amide bonds. The molecule has 9 heteroatoms. The molecular formula is C23H28FN3O4S. The van der Waals surface area contributed by atoms with Crippen LogP contribution in [0, 0.1) is 5.82 Å². The Bertz CT molecular complexity index is 1080. The number of piperazine rings is 1. The third-order valence-electron chi connectivity index (χ3n) is 6.11. The van der Waals surface area contributed by atoms with Gasteiger partial charge in [-0.05, 0) is 49.6 Å². The SMILES string of the molecule is COc1ccc(S(=O)(=O)N2CCN(c3ccccc3F)CC2)cc1C(=O)N1CCCCC1. The Kier molecular flexibility index (Phi) is 6.66. The normalized spacial score (nSPS) is 17.9. The molecule has 2 saturated heterocycles. The van der Waals surface area contributed by atoms with Crippen LogP contribution in [0.25, 0.3) is 0 Å². The summed E-state index contributed by atoms with van der Waals surface area (Å²) in [6.07, 6.45) is 2.98. The number of para-hydroxylation sites is 1. The number of methoxy groups -OCH3 is 1. The van der Waals surface area contributed by atoms with Crippen LogP contribution in [0.2, 0.25) is 0 Å². The maximum absolute atomic E-state index is 14.1. The van der Waals surface area contributed by atoms with E-state index >= 15 is 0 Å². The van der Waals surface area contributed by atoms with Gasteiger partial charge >= 0.3 is 0 Å². The molecule has 0 spiro atoms. The summed E-state index contributed by atoms with van der Waals surface area (Å²) >= 11 is 0. The molecule has 0 radical (unpaired) electrons. The number of piperidine rings is 1. The van der Waals surface area contributed by atoms with Crippen molar-refractivity contribution >= 4 is 21.6 Å². The first-order chi connectivity index (χ1) is 15.4. The quantitative estimate of drug-likeness (QED) is 0.685. The Morgan fingerprint density at radius 2 is 1.62 bits per heavy atom.